The summed E-state index contributed by atoms with van der Waals surface area (Å²) in [5, 5.41) is 10.6. The fourth-order valence-electron chi connectivity index (χ4n) is 1.91. The molecule has 1 aromatic heterocycles. The van der Waals surface area contributed by atoms with Crippen molar-refractivity contribution in [2.75, 3.05) is 5.32 Å². The van der Waals surface area contributed by atoms with Crippen LogP contribution >= 0.6 is 23.1 Å². The van der Waals surface area contributed by atoms with Crippen molar-refractivity contribution in [2.45, 2.75) is 42.7 Å². The van der Waals surface area contributed by atoms with Crippen LogP contribution in [0.25, 0.3) is 0 Å². The lowest BCUT2D eigenvalue weighted by molar-refractivity contribution is -0.115. The molecule has 0 bridgehead atoms. The number of aromatic nitrogens is 2. The van der Waals surface area contributed by atoms with Crippen molar-refractivity contribution >= 4 is 34.7 Å². The molecule has 0 radical (unpaired) electrons. The van der Waals surface area contributed by atoms with Crippen molar-refractivity contribution in [1.82, 2.24) is 10.2 Å². The van der Waals surface area contributed by atoms with Crippen LogP contribution in [0.2, 0.25) is 0 Å². The molecule has 0 saturated heterocycles. The Balaban J connectivity index is 2.05. The second-order valence-electron chi connectivity index (χ2n) is 4.85. The van der Waals surface area contributed by atoms with Crippen LogP contribution in [0.3, 0.4) is 0 Å². The van der Waals surface area contributed by atoms with Gasteiger partial charge in [-0.15, -0.1) is 10.2 Å². The molecule has 0 spiro atoms. The third-order valence-electron chi connectivity index (χ3n) is 3.35. The zero-order valence-electron chi connectivity index (χ0n) is 12.4. The number of hydrogen-bond acceptors (Lipinski definition) is 5. The number of carbonyl (C=O) groups excluding carboxylic acids is 1. The van der Waals surface area contributed by atoms with Gasteiger partial charge in [-0.3, -0.25) is 4.79 Å². The number of nitrogens with one attached hydrogen (secondary N) is 1. The summed E-state index contributed by atoms with van der Waals surface area (Å²) in [5.74, 6) is 0.415. The molecule has 112 valence electrons. The summed E-state index contributed by atoms with van der Waals surface area (Å²) in [4.78, 5) is 12.3. The average molecular weight is 321 g/mol. The molecule has 21 heavy (non-hydrogen) atoms. The number of para-hydroxylation sites is 1. The van der Waals surface area contributed by atoms with Crippen LogP contribution in [0, 0.1) is 0 Å². The molecule has 2 aromatic rings. The maximum Gasteiger partial charge on any atom is 0.237 e. The third kappa shape index (κ3) is 4.28. The highest BCUT2D eigenvalue weighted by Crippen LogP contribution is 2.28. The van der Waals surface area contributed by atoms with Gasteiger partial charge in [0, 0.05) is 5.69 Å². The van der Waals surface area contributed by atoms with E-state index in [1.807, 2.05) is 25.1 Å². The Morgan fingerprint density at radius 2 is 2.14 bits per heavy atom. The van der Waals surface area contributed by atoms with Gasteiger partial charge in [0.1, 0.15) is 5.51 Å². The normalized spacial score (nSPS) is 13.7. The second-order valence-corrected chi connectivity index (χ2v) is 7.27. The average Bonchev–Trinajstić information content (AvgIpc) is 2.99. The van der Waals surface area contributed by atoms with Crippen molar-refractivity contribution in [3.05, 3.63) is 35.3 Å². The minimum Gasteiger partial charge on any atom is -0.325 e. The van der Waals surface area contributed by atoms with Gasteiger partial charge in [-0.05, 0) is 30.9 Å². The Hall–Kier alpha value is -1.40. The molecule has 0 aliphatic heterocycles. The molecule has 2 rings (SSSR count). The maximum atomic E-state index is 12.3. The van der Waals surface area contributed by atoms with Gasteiger partial charge in [0.25, 0.3) is 0 Å². The van der Waals surface area contributed by atoms with E-state index in [9.17, 15) is 4.79 Å². The van der Waals surface area contributed by atoms with E-state index in [2.05, 4.69) is 35.4 Å². The summed E-state index contributed by atoms with van der Waals surface area (Å²) in [6.45, 7) is 6.20. The first-order valence-corrected chi connectivity index (χ1v) is 8.70. The van der Waals surface area contributed by atoms with Crippen molar-refractivity contribution < 1.29 is 4.79 Å². The molecule has 1 aromatic carbocycles. The first kappa shape index (κ1) is 16.0. The number of anilines is 1. The first-order chi connectivity index (χ1) is 10.1. The van der Waals surface area contributed by atoms with Gasteiger partial charge in [0.15, 0.2) is 4.34 Å². The topological polar surface area (TPSA) is 54.9 Å². The fraction of sp³-hybridized carbons (Fsp3) is 0.400. The standard InChI is InChI=1S/C15H19N3OS2/c1-4-10(2)12-7-5-6-8-13(12)17-14(19)11(3)21-15-18-16-9-20-15/h5-11H,4H2,1-3H3,(H,17,19)/t10-,11+/m0/s1. The fourth-order valence-corrected chi connectivity index (χ4v) is 3.54. The molecular weight excluding hydrogens is 302 g/mol. The molecule has 0 fully saturated rings. The molecule has 0 unspecified atom stereocenters. The number of carbonyl (C=O) groups is 1. The molecule has 4 nitrogen and oxygen atoms in total. The van der Waals surface area contributed by atoms with E-state index in [1.54, 1.807) is 5.51 Å². The van der Waals surface area contributed by atoms with E-state index in [0.29, 0.717) is 5.92 Å². The summed E-state index contributed by atoms with van der Waals surface area (Å²) in [7, 11) is 0. The molecule has 0 aliphatic carbocycles. The Bertz CT molecular complexity index is 586. The van der Waals surface area contributed by atoms with Crippen LogP contribution in [0.4, 0.5) is 5.69 Å². The molecule has 0 saturated carbocycles. The maximum absolute atomic E-state index is 12.3. The van der Waals surface area contributed by atoms with Crippen LogP contribution in [0.1, 0.15) is 38.7 Å². The predicted octanol–water partition coefficient (Wildman–Crippen LogP) is 4.17. The number of rotatable bonds is 6. The van der Waals surface area contributed by atoms with Crippen LogP contribution < -0.4 is 5.32 Å². The van der Waals surface area contributed by atoms with Crippen LogP contribution in [-0.4, -0.2) is 21.4 Å². The summed E-state index contributed by atoms with van der Waals surface area (Å²) >= 11 is 2.88. The quantitative estimate of drug-likeness (QED) is 0.811. The first-order valence-electron chi connectivity index (χ1n) is 6.94. The van der Waals surface area contributed by atoms with Crippen molar-refractivity contribution in [2.24, 2.45) is 0 Å². The van der Waals surface area contributed by atoms with Crippen molar-refractivity contribution in [3.63, 3.8) is 0 Å². The van der Waals surface area contributed by atoms with Gasteiger partial charge in [-0.25, -0.2) is 0 Å². The molecule has 1 amide bonds. The van der Waals surface area contributed by atoms with Gasteiger partial charge in [0.05, 0.1) is 5.25 Å². The monoisotopic (exact) mass is 321 g/mol. The number of nitrogens with zero attached hydrogens (tertiary/aromatic N) is 2. The van der Waals surface area contributed by atoms with E-state index in [-0.39, 0.29) is 11.2 Å². The van der Waals surface area contributed by atoms with E-state index in [4.69, 9.17) is 0 Å². The Morgan fingerprint density at radius 1 is 1.38 bits per heavy atom. The smallest absolute Gasteiger partial charge is 0.237 e. The highest BCUT2D eigenvalue weighted by molar-refractivity contribution is 8.02. The van der Waals surface area contributed by atoms with E-state index >= 15 is 0 Å². The zero-order chi connectivity index (χ0) is 15.2. The molecule has 2 atom stereocenters. The van der Waals surface area contributed by atoms with Gasteiger partial charge >= 0.3 is 0 Å². The summed E-state index contributed by atoms with van der Waals surface area (Å²) in [6, 6.07) is 7.99. The summed E-state index contributed by atoms with van der Waals surface area (Å²) < 4.78 is 0.813. The van der Waals surface area contributed by atoms with E-state index in [1.165, 1.54) is 28.7 Å². The van der Waals surface area contributed by atoms with Crippen LogP contribution in [-0.2, 0) is 4.79 Å². The molecule has 0 aliphatic rings. The lowest BCUT2D eigenvalue weighted by Crippen LogP contribution is -2.23. The van der Waals surface area contributed by atoms with Gasteiger partial charge in [0.2, 0.25) is 5.91 Å². The summed E-state index contributed by atoms with van der Waals surface area (Å²) in [5.41, 5.74) is 3.76. The Labute approximate surface area is 133 Å². The van der Waals surface area contributed by atoms with Crippen molar-refractivity contribution in [3.8, 4) is 0 Å². The Kier molecular flexibility index (Phi) is 5.76. The zero-order valence-corrected chi connectivity index (χ0v) is 14.0. The second kappa shape index (κ2) is 7.56. The van der Waals surface area contributed by atoms with Gasteiger partial charge < -0.3 is 5.32 Å². The number of benzene rings is 1. The van der Waals surface area contributed by atoms with Crippen LogP contribution in [0.5, 0.6) is 0 Å². The molecule has 1 N–H and O–H groups in total. The molecular formula is C15H19N3OS2. The number of hydrogen-bond donors (Lipinski definition) is 1. The van der Waals surface area contributed by atoms with Gasteiger partial charge in [-0.1, -0.05) is 55.1 Å². The minimum atomic E-state index is -0.206. The van der Waals surface area contributed by atoms with E-state index in [0.717, 1.165) is 16.4 Å². The highest BCUT2D eigenvalue weighted by atomic mass is 32.2. The third-order valence-corrected chi connectivity index (χ3v) is 5.26. The number of amides is 1. The molecule has 1 heterocycles. The Morgan fingerprint density at radius 3 is 2.81 bits per heavy atom. The molecule has 6 heteroatoms. The SMILES string of the molecule is CC[C@H](C)c1ccccc1NC(=O)[C@@H](C)Sc1nncs1. The number of thioether (sulfide) groups is 1. The largest absolute Gasteiger partial charge is 0.325 e. The van der Waals surface area contributed by atoms with Gasteiger partial charge in [-0.2, -0.15) is 0 Å². The van der Waals surface area contributed by atoms with Crippen molar-refractivity contribution in [1.29, 1.82) is 0 Å². The minimum absolute atomic E-state index is 0.00838. The van der Waals surface area contributed by atoms with Crippen LogP contribution in [0.15, 0.2) is 34.1 Å². The predicted molar refractivity (Wildman–Crippen MR) is 89.0 cm³/mol. The van der Waals surface area contributed by atoms with E-state index < -0.39 is 0 Å². The summed E-state index contributed by atoms with van der Waals surface area (Å²) in [6.07, 6.45) is 1.04. The lowest BCUT2D eigenvalue weighted by atomic mass is 9.97. The highest BCUT2D eigenvalue weighted by Gasteiger charge is 2.18. The lowest BCUT2D eigenvalue weighted by Gasteiger charge is -2.17.